The monoisotopic (exact) mass is 348 g/mol. The van der Waals surface area contributed by atoms with Crippen molar-refractivity contribution in [1.82, 2.24) is 0 Å². The van der Waals surface area contributed by atoms with Crippen LogP contribution in [0.25, 0.3) is 0 Å². The van der Waals surface area contributed by atoms with Gasteiger partial charge in [0.1, 0.15) is 0 Å². The van der Waals surface area contributed by atoms with Gasteiger partial charge in [-0.05, 0) is 61.4 Å². The summed E-state index contributed by atoms with van der Waals surface area (Å²) in [5, 5.41) is 0. The van der Waals surface area contributed by atoms with E-state index in [1.165, 1.54) is 36.4 Å². The Labute approximate surface area is 148 Å². The van der Waals surface area contributed by atoms with Gasteiger partial charge < -0.3 is 0 Å². The van der Waals surface area contributed by atoms with E-state index in [4.69, 9.17) is 0 Å². The number of urea groups is 2. The summed E-state index contributed by atoms with van der Waals surface area (Å²) in [5.41, 5.74) is 2.88. The maximum Gasteiger partial charge on any atom is 0.345 e. The fraction of sp³-hybridized carbons (Fsp3) is 0.111. The van der Waals surface area contributed by atoms with E-state index in [0.717, 1.165) is 9.80 Å². The Kier molecular flexibility index (Phi) is 4.29. The first-order chi connectivity index (χ1) is 12.5. The van der Waals surface area contributed by atoms with Crippen molar-refractivity contribution < 1.29 is 19.2 Å². The molecule has 1 aliphatic heterocycles. The maximum absolute atomic E-state index is 12.5. The molecule has 8 heteroatoms. The molecule has 2 aromatic carbocycles. The third-order valence-corrected chi connectivity index (χ3v) is 3.97. The molecule has 0 saturated carbocycles. The molecule has 128 valence electrons. The van der Waals surface area contributed by atoms with E-state index in [2.05, 4.69) is 9.98 Å². The van der Waals surface area contributed by atoms with E-state index >= 15 is 0 Å². The van der Waals surface area contributed by atoms with Crippen LogP contribution >= 0.6 is 0 Å². The molecule has 3 rings (SSSR count). The second-order valence-corrected chi connectivity index (χ2v) is 5.58. The minimum atomic E-state index is -0.507. The Balaban J connectivity index is 1.88. The molecule has 1 saturated heterocycles. The number of isocyanates is 2. The van der Waals surface area contributed by atoms with E-state index in [1.807, 2.05) is 0 Å². The molecule has 1 aliphatic rings. The summed E-state index contributed by atoms with van der Waals surface area (Å²) in [4.78, 5) is 54.8. The second-order valence-electron chi connectivity index (χ2n) is 5.58. The van der Waals surface area contributed by atoms with E-state index in [0.29, 0.717) is 33.9 Å². The molecule has 1 heterocycles. The predicted molar refractivity (Wildman–Crippen MR) is 93.7 cm³/mol. The Morgan fingerprint density at radius 1 is 0.731 bits per heavy atom. The van der Waals surface area contributed by atoms with Crippen molar-refractivity contribution >= 4 is 47.0 Å². The molecule has 0 radical (unpaired) electrons. The summed E-state index contributed by atoms with van der Waals surface area (Å²) in [5.74, 6) is 0. The Bertz CT molecular complexity index is 938. The number of hydrogen-bond donors (Lipinski definition) is 0. The summed E-state index contributed by atoms with van der Waals surface area (Å²) in [6.07, 6.45) is 2.91. The first kappa shape index (κ1) is 17.0. The Hall–Kier alpha value is -3.86. The zero-order valence-corrected chi connectivity index (χ0v) is 13.9. The molecular formula is C18H12N4O4. The van der Waals surface area contributed by atoms with E-state index < -0.39 is 12.1 Å². The fourth-order valence-electron chi connectivity index (χ4n) is 2.67. The van der Waals surface area contributed by atoms with Gasteiger partial charge in [0.2, 0.25) is 12.2 Å². The first-order valence-electron chi connectivity index (χ1n) is 7.53. The standard InChI is InChI=1S/C18H12N4O4/c1-11-7-13(3-5-15(11)19-9-23)21-17(25)22(18(21)26)14-4-6-16(20-10-24)12(2)8-14/h3-8H,1-2H3. The number of hydrogen-bond acceptors (Lipinski definition) is 6. The number of carbonyl (C=O) groups excluding carboxylic acids is 4. The van der Waals surface area contributed by atoms with Crippen molar-refractivity contribution in [3.05, 3.63) is 47.5 Å². The smallest absolute Gasteiger partial charge is 0.246 e. The third-order valence-electron chi connectivity index (χ3n) is 3.97. The van der Waals surface area contributed by atoms with Crippen LogP contribution in [0, 0.1) is 13.8 Å². The molecule has 0 N–H and O–H groups in total. The second kappa shape index (κ2) is 6.57. The quantitative estimate of drug-likeness (QED) is 0.619. The minimum absolute atomic E-state index is 0.387. The number of carbonyl (C=O) groups is 2. The van der Waals surface area contributed by atoms with E-state index in [-0.39, 0.29) is 0 Å². The van der Waals surface area contributed by atoms with E-state index in [1.54, 1.807) is 26.0 Å². The number of nitrogens with zero attached hydrogens (tertiary/aromatic N) is 4. The van der Waals surface area contributed by atoms with Crippen LogP contribution in [0.1, 0.15) is 11.1 Å². The van der Waals surface area contributed by atoms with Crippen LogP contribution in [0.15, 0.2) is 46.4 Å². The van der Waals surface area contributed by atoms with Crippen molar-refractivity contribution in [2.24, 2.45) is 9.98 Å². The SMILES string of the molecule is Cc1cc(N2C(=O)N(c3ccc(N=C=O)c(C)c3)C2=O)ccc1N=C=O. The molecule has 26 heavy (non-hydrogen) atoms. The fourth-order valence-corrected chi connectivity index (χ4v) is 2.67. The van der Waals surface area contributed by atoms with E-state index in [9.17, 15) is 19.2 Å². The molecule has 0 unspecified atom stereocenters. The highest BCUT2D eigenvalue weighted by Gasteiger charge is 2.46. The zero-order chi connectivity index (χ0) is 18.8. The van der Waals surface area contributed by atoms with Crippen LogP contribution in [0.5, 0.6) is 0 Å². The van der Waals surface area contributed by atoms with Crippen LogP contribution in [0.2, 0.25) is 0 Å². The molecule has 0 spiro atoms. The highest BCUT2D eigenvalue weighted by Crippen LogP contribution is 2.34. The van der Waals surface area contributed by atoms with Crippen molar-refractivity contribution in [2.75, 3.05) is 9.80 Å². The molecular weight excluding hydrogens is 336 g/mol. The Morgan fingerprint density at radius 2 is 1.12 bits per heavy atom. The zero-order valence-electron chi connectivity index (χ0n) is 13.9. The van der Waals surface area contributed by atoms with Crippen LogP contribution in [-0.4, -0.2) is 24.2 Å². The van der Waals surface area contributed by atoms with Gasteiger partial charge in [-0.25, -0.2) is 29.0 Å². The van der Waals surface area contributed by atoms with Gasteiger partial charge in [-0.3, -0.25) is 0 Å². The summed E-state index contributed by atoms with van der Waals surface area (Å²) in [6.45, 7) is 3.42. The van der Waals surface area contributed by atoms with Crippen molar-refractivity contribution in [3.8, 4) is 0 Å². The molecule has 0 atom stereocenters. The predicted octanol–water partition coefficient (Wildman–Crippen LogP) is 3.80. The minimum Gasteiger partial charge on any atom is -0.246 e. The third kappa shape index (κ3) is 2.71. The van der Waals surface area contributed by atoms with Gasteiger partial charge in [0.25, 0.3) is 0 Å². The Morgan fingerprint density at radius 3 is 1.42 bits per heavy atom. The molecule has 0 aromatic heterocycles. The maximum atomic E-state index is 12.5. The largest absolute Gasteiger partial charge is 0.345 e. The average molecular weight is 348 g/mol. The topological polar surface area (TPSA) is 99.5 Å². The molecule has 8 nitrogen and oxygen atoms in total. The molecule has 1 fully saturated rings. The van der Waals surface area contributed by atoms with Crippen LogP contribution in [-0.2, 0) is 9.59 Å². The lowest BCUT2D eigenvalue weighted by Gasteiger charge is -2.39. The lowest BCUT2D eigenvalue weighted by Crippen LogP contribution is -2.64. The van der Waals surface area contributed by atoms with Gasteiger partial charge in [0.15, 0.2) is 0 Å². The number of benzene rings is 2. The normalized spacial score (nSPS) is 13.0. The highest BCUT2D eigenvalue weighted by molar-refractivity contribution is 6.41. The van der Waals surface area contributed by atoms with Gasteiger partial charge in [-0.2, -0.15) is 9.98 Å². The first-order valence-corrected chi connectivity index (χ1v) is 7.53. The van der Waals surface area contributed by atoms with Gasteiger partial charge in [0, 0.05) is 0 Å². The molecule has 0 bridgehead atoms. The number of aryl methyl sites for hydroxylation is 2. The average Bonchev–Trinajstić information content (AvgIpc) is 2.60. The van der Waals surface area contributed by atoms with Crippen molar-refractivity contribution in [3.63, 3.8) is 0 Å². The van der Waals surface area contributed by atoms with Crippen LogP contribution in [0.4, 0.5) is 32.3 Å². The van der Waals surface area contributed by atoms with Gasteiger partial charge in [0.05, 0.1) is 22.7 Å². The van der Waals surface area contributed by atoms with Crippen LogP contribution in [0.3, 0.4) is 0 Å². The lowest BCUT2D eigenvalue weighted by molar-refractivity contribution is 0.226. The number of imide groups is 2. The summed E-state index contributed by atoms with van der Waals surface area (Å²) >= 11 is 0. The highest BCUT2D eigenvalue weighted by atomic mass is 16.2. The molecule has 4 amide bonds. The number of amides is 4. The molecule has 2 aromatic rings. The lowest BCUT2D eigenvalue weighted by atomic mass is 10.1. The number of rotatable bonds is 4. The molecule has 0 aliphatic carbocycles. The van der Waals surface area contributed by atoms with Crippen molar-refractivity contribution in [1.29, 1.82) is 0 Å². The van der Waals surface area contributed by atoms with Crippen LogP contribution < -0.4 is 9.80 Å². The summed E-state index contributed by atoms with van der Waals surface area (Å²) in [7, 11) is 0. The van der Waals surface area contributed by atoms with Gasteiger partial charge in [-0.15, -0.1) is 0 Å². The summed E-state index contributed by atoms with van der Waals surface area (Å²) in [6, 6.07) is 8.31. The number of aliphatic imine (C=N–C) groups is 2. The van der Waals surface area contributed by atoms with Gasteiger partial charge in [-0.1, -0.05) is 0 Å². The van der Waals surface area contributed by atoms with Crippen molar-refractivity contribution in [2.45, 2.75) is 13.8 Å². The van der Waals surface area contributed by atoms with Gasteiger partial charge >= 0.3 is 12.1 Å². The summed E-state index contributed by atoms with van der Waals surface area (Å²) < 4.78 is 0. The number of anilines is 2.